The number of nitrogens with zero attached hydrogens (tertiary/aromatic N) is 3. The lowest BCUT2D eigenvalue weighted by atomic mass is 10.2. The molecule has 0 saturated carbocycles. The predicted molar refractivity (Wildman–Crippen MR) is 132 cm³/mol. The maximum atomic E-state index is 12.9. The second-order valence-corrected chi connectivity index (χ2v) is 9.88. The lowest BCUT2D eigenvalue weighted by Crippen LogP contribution is -2.31. The van der Waals surface area contributed by atoms with Gasteiger partial charge in [-0.3, -0.25) is 4.79 Å². The third-order valence-electron chi connectivity index (χ3n) is 4.80. The van der Waals surface area contributed by atoms with Crippen molar-refractivity contribution in [2.45, 2.75) is 11.4 Å². The molecule has 0 aliphatic rings. The number of sulfonamides is 1. The Hall–Kier alpha value is -3.27. The van der Waals surface area contributed by atoms with Gasteiger partial charge in [-0.25, -0.2) is 8.42 Å². The Bertz CT molecular complexity index is 1360. The molecule has 0 aliphatic carbocycles. The van der Waals surface area contributed by atoms with E-state index < -0.39 is 15.9 Å². The van der Waals surface area contributed by atoms with Gasteiger partial charge in [0.05, 0.1) is 16.7 Å². The first-order valence-corrected chi connectivity index (χ1v) is 12.3. The number of ether oxygens (including phenoxy) is 1. The van der Waals surface area contributed by atoms with Crippen LogP contribution in [-0.4, -0.2) is 43.4 Å². The normalized spacial score (nSPS) is 12.1. The molecule has 0 fully saturated rings. The maximum absolute atomic E-state index is 12.9. The number of allylic oxidation sites excluding steroid dienone is 1. The van der Waals surface area contributed by atoms with E-state index in [9.17, 15) is 13.2 Å². The van der Waals surface area contributed by atoms with Gasteiger partial charge in [-0.05, 0) is 36.4 Å². The number of amides is 1. The van der Waals surface area contributed by atoms with Crippen LogP contribution in [-0.2, 0) is 16.6 Å². The smallest absolute Gasteiger partial charge is 0.279 e. The molecule has 0 unspecified atom stereocenters. The van der Waals surface area contributed by atoms with Crippen LogP contribution in [0.2, 0.25) is 0 Å². The number of carbonyl (C=O) groups excluding carboxylic acids is 1. The minimum Gasteiger partial charge on any atom is -0.495 e. The summed E-state index contributed by atoms with van der Waals surface area (Å²) < 4.78 is 35.2. The van der Waals surface area contributed by atoms with E-state index in [0.29, 0.717) is 17.1 Å². The average molecular weight is 484 g/mol. The van der Waals surface area contributed by atoms with Crippen LogP contribution in [0, 0.1) is 0 Å². The Balaban J connectivity index is 1.99. The van der Waals surface area contributed by atoms with E-state index in [-0.39, 0.29) is 23.5 Å². The van der Waals surface area contributed by atoms with Crippen molar-refractivity contribution < 1.29 is 17.9 Å². The molecule has 1 amide bonds. The summed E-state index contributed by atoms with van der Waals surface area (Å²) in [6, 6.07) is 11.4. The summed E-state index contributed by atoms with van der Waals surface area (Å²) in [5, 5.41) is 0. The number of hydrogen-bond acceptors (Lipinski definition) is 5. The van der Waals surface area contributed by atoms with Gasteiger partial charge in [0.1, 0.15) is 11.3 Å². The summed E-state index contributed by atoms with van der Waals surface area (Å²) in [7, 11) is -2.15. The van der Waals surface area contributed by atoms with E-state index in [1.165, 1.54) is 52.1 Å². The monoisotopic (exact) mass is 483 g/mol. The Labute approximate surface area is 197 Å². The molecule has 0 spiro atoms. The molecule has 9 heteroatoms. The fraction of sp³-hybridized carbons (Fsp3) is 0.167. The molecule has 0 atom stereocenters. The van der Waals surface area contributed by atoms with Crippen molar-refractivity contribution >= 4 is 37.5 Å². The van der Waals surface area contributed by atoms with Gasteiger partial charge in [-0.2, -0.15) is 9.30 Å². The van der Waals surface area contributed by atoms with Gasteiger partial charge < -0.3 is 9.30 Å². The molecule has 172 valence electrons. The van der Waals surface area contributed by atoms with Crippen molar-refractivity contribution in [3.05, 3.63) is 90.8 Å². The summed E-state index contributed by atoms with van der Waals surface area (Å²) in [5.41, 5.74) is 1.12. The van der Waals surface area contributed by atoms with Gasteiger partial charge in [-0.1, -0.05) is 35.6 Å². The minimum atomic E-state index is -3.74. The average Bonchev–Trinajstić information content (AvgIpc) is 3.16. The number of rotatable bonds is 10. The lowest BCUT2D eigenvalue weighted by molar-refractivity contribution is 0.0997. The van der Waals surface area contributed by atoms with Crippen LogP contribution < -0.4 is 9.54 Å². The SMILES string of the molecule is C=CCN(CC=C)S(=O)(=O)c1ccc(C(=O)N=c2sc3cccc(OC)c3n2CC=C)cc1. The Morgan fingerprint density at radius 3 is 2.33 bits per heavy atom. The van der Waals surface area contributed by atoms with E-state index >= 15 is 0 Å². The topological polar surface area (TPSA) is 81.0 Å². The predicted octanol–water partition coefficient (Wildman–Crippen LogP) is 4.00. The zero-order chi connectivity index (χ0) is 24.0. The van der Waals surface area contributed by atoms with E-state index in [1.54, 1.807) is 13.2 Å². The molecule has 0 N–H and O–H groups in total. The Morgan fingerprint density at radius 1 is 1.09 bits per heavy atom. The minimum absolute atomic E-state index is 0.0797. The van der Waals surface area contributed by atoms with Crippen molar-refractivity contribution in [1.29, 1.82) is 0 Å². The van der Waals surface area contributed by atoms with E-state index in [0.717, 1.165) is 10.2 Å². The number of benzene rings is 2. The van der Waals surface area contributed by atoms with E-state index in [4.69, 9.17) is 4.74 Å². The van der Waals surface area contributed by atoms with Crippen LogP contribution in [0.1, 0.15) is 10.4 Å². The molecule has 33 heavy (non-hydrogen) atoms. The van der Waals surface area contributed by atoms with Crippen LogP contribution in [0.25, 0.3) is 10.2 Å². The Morgan fingerprint density at radius 2 is 1.76 bits per heavy atom. The first-order valence-electron chi connectivity index (χ1n) is 10.1. The van der Waals surface area contributed by atoms with Gasteiger partial charge >= 0.3 is 0 Å². The van der Waals surface area contributed by atoms with Crippen LogP contribution in [0.5, 0.6) is 5.75 Å². The fourth-order valence-electron chi connectivity index (χ4n) is 3.27. The second kappa shape index (κ2) is 10.6. The van der Waals surface area contributed by atoms with Crippen molar-refractivity contribution in [2.24, 2.45) is 4.99 Å². The standard InChI is InChI=1S/C24H25N3O4S2/c1-5-15-26(16-6-2)33(29,30)19-13-11-18(12-14-19)23(28)25-24-27(17-7-3)22-20(31-4)9-8-10-21(22)32-24/h5-14H,1-3,15-17H2,4H3. The molecular weight excluding hydrogens is 458 g/mol. The third kappa shape index (κ3) is 5.05. The van der Waals surface area contributed by atoms with Crippen LogP contribution in [0.3, 0.4) is 0 Å². The van der Waals surface area contributed by atoms with E-state index in [1.807, 2.05) is 22.8 Å². The summed E-state index contributed by atoms with van der Waals surface area (Å²) in [5.74, 6) is 0.203. The first-order chi connectivity index (χ1) is 15.9. The maximum Gasteiger partial charge on any atom is 0.279 e. The summed E-state index contributed by atoms with van der Waals surface area (Å²) >= 11 is 1.36. The summed E-state index contributed by atoms with van der Waals surface area (Å²) in [6.45, 7) is 11.8. The molecule has 0 bridgehead atoms. The van der Waals surface area contributed by atoms with Crippen molar-refractivity contribution in [3.8, 4) is 5.75 Å². The van der Waals surface area contributed by atoms with E-state index in [2.05, 4.69) is 24.7 Å². The van der Waals surface area contributed by atoms with Crippen LogP contribution >= 0.6 is 11.3 Å². The van der Waals surface area contributed by atoms with Gasteiger partial charge in [0.2, 0.25) is 10.0 Å². The van der Waals surface area contributed by atoms with Crippen molar-refractivity contribution in [1.82, 2.24) is 8.87 Å². The number of methoxy groups -OCH3 is 1. The molecule has 0 saturated heterocycles. The molecule has 2 aromatic carbocycles. The number of hydrogen-bond donors (Lipinski definition) is 0. The van der Waals surface area contributed by atoms with Crippen molar-refractivity contribution in [3.63, 3.8) is 0 Å². The molecule has 7 nitrogen and oxygen atoms in total. The highest BCUT2D eigenvalue weighted by Gasteiger charge is 2.22. The second-order valence-electron chi connectivity index (χ2n) is 6.93. The molecule has 3 aromatic rings. The number of aromatic nitrogens is 1. The van der Waals surface area contributed by atoms with Gasteiger partial charge in [-0.15, -0.1) is 19.7 Å². The summed E-state index contributed by atoms with van der Waals surface area (Å²) in [6.07, 6.45) is 4.74. The largest absolute Gasteiger partial charge is 0.495 e. The fourth-order valence-corrected chi connectivity index (χ4v) is 5.71. The molecular formula is C24H25N3O4S2. The summed E-state index contributed by atoms with van der Waals surface area (Å²) in [4.78, 5) is 17.8. The van der Waals surface area contributed by atoms with Crippen LogP contribution in [0.4, 0.5) is 0 Å². The Kier molecular flexibility index (Phi) is 7.80. The zero-order valence-electron chi connectivity index (χ0n) is 18.3. The number of thiazole rings is 1. The van der Waals surface area contributed by atoms with Gasteiger partial charge in [0.15, 0.2) is 4.80 Å². The molecule has 0 aliphatic heterocycles. The lowest BCUT2D eigenvalue weighted by Gasteiger charge is -2.19. The number of fused-ring (bicyclic) bond motifs is 1. The van der Waals surface area contributed by atoms with Crippen LogP contribution in [0.15, 0.2) is 90.3 Å². The van der Waals surface area contributed by atoms with Crippen molar-refractivity contribution in [2.75, 3.05) is 20.2 Å². The third-order valence-corrected chi connectivity index (χ3v) is 7.69. The first kappa shape index (κ1) is 24.4. The highest BCUT2D eigenvalue weighted by molar-refractivity contribution is 7.89. The highest BCUT2D eigenvalue weighted by Crippen LogP contribution is 2.27. The molecule has 0 radical (unpaired) electrons. The number of carbonyl (C=O) groups is 1. The quantitative estimate of drug-likeness (QED) is 0.408. The molecule has 1 heterocycles. The number of para-hydroxylation sites is 1. The molecule has 3 rings (SSSR count). The van der Waals surface area contributed by atoms with Gasteiger partial charge in [0.25, 0.3) is 5.91 Å². The zero-order valence-corrected chi connectivity index (χ0v) is 19.9. The molecule has 1 aromatic heterocycles. The van der Waals surface area contributed by atoms with Gasteiger partial charge in [0, 0.05) is 25.2 Å². The highest BCUT2D eigenvalue weighted by atomic mass is 32.2.